The fourth-order valence-corrected chi connectivity index (χ4v) is 3.09. The summed E-state index contributed by atoms with van der Waals surface area (Å²) in [5.41, 5.74) is 0.789. The molecule has 4 N–H and O–H groups in total. The first-order chi connectivity index (χ1) is 16.3. The highest BCUT2D eigenvalue weighted by Crippen LogP contribution is 2.26. The van der Waals surface area contributed by atoms with Crippen molar-refractivity contribution in [3.05, 3.63) is 53.8 Å². The van der Waals surface area contributed by atoms with Crippen molar-refractivity contribution < 1.29 is 29.1 Å². The molecule has 4 aromatic rings. The maximum atomic E-state index is 12.2. The second kappa shape index (κ2) is 10.7. The van der Waals surface area contributed by atoms with E-state index in [4.69, 9.17) is 19.5 Å². The zero-order valence-corrected chi connectivity index (χ0v) is 18.2. The number of aromatic carboxylic acids is 1. The number of hydrogen-bond acceptors (Lipinski definition) is 9. The maximum Gasteiger partial charge on any atom is 0.354 e. The molecule has 0 aliphatic heterocycles. The van der Waals surface area contributed by atoms with E-state index < -0.39 is 11.9 Å². The molecule has 3 aromatic heterocycles. The van der Waals surface area contributed by atoms with Crippen LogP contribution in [-0.2, 0) is 11.8 Å². The Labute approximate surface area is 192 Å². The van der Waals surface area contributed by atoms with Crippen molar-refractivity contribution in [2.24, 2.45) is 7.05 Å². The largest absolute Gasteiger partial charge is 0.483 e. The Kier molecular flexibility index (Phi) is 7.48. The van der Waals surface area contributed by atoms with Crippen molar-refractivity contribution in [1.82, 2.24) is 30.2 Å². The number of aromatic nitrogens is 5. The lowest BCUT2D eigenvalue weighted by Crippen LogP contribution is -2.29. The van der Waals surface area contributed by atoms with E-state index in [0.29, 0.717) is 30.6 Å². The molecule has 1 aromatic carbocycles. The van der Waals surface area contributed by atoms with Gasteiger partial charge in [0.05, 0.1) is 0 Å². The third-order valence-electron chi connectivity index (χ3n) is 4.59. The van der Waals surface area contributed by atoms with E-state index in [-0.39, 0.29) is 17.9 Å². The molecule has 0 fully saturated rings. The van der Waals surface area contributed by atoms with E-state index in [1.807, 2.05) is 24.3 Å². The summed E-state index contributed by atoms with van der Waals surface area (Å²) in [6, 6.07) is 8.92. The van der Waals surface area contributed by atoms with E-state index in [1.165, 1.54) is 13.1 Å². The van der Waals surface area contributed by atoms with Gasteiger partial charge in [0.25, 0.3) is 12.4 Å². The molecule has 176 valence electrons. The van der Waals surface area contributed by atoms with Crippen LogP contribution in [-0.4, -0.2) is 66.6 Å². The summed E-state index contributed by atoms with van der Waals surface area (Å²) < 4.78 is 6.20. The topological polar surface area (TPSA) is 185 Å². The van der Waals surface area contributed by atoms with Gasteiger partial charge in [-0.1, -0.05) is 17.3 Å². The van der Waals surface area contributed by atoms with Crippen LogP contribution in [0.2, 0.25) is 0 Å². The average Bonchev–Trinajstić information content (AvgIpc) is 3.42. The third kappa shape index (κ3) is 5.51. The van der Waals surface area contributed by atoms with Crippen LogP contribution in [0.4, 0.5) is 5.82 Å². The number of anilines is 1. The average molecular weight is 467 g/mol. The van der Waals surface area contributed by atoms with Gasteiger partial charge in [-0.15, -0.1) is 0 Å². The molecule has 0 atom stereocenters. The van der Waals surface area contributed by atoms with Crippen LogP contribution in [0.15, 0.2) is 41.1 Å². The van der Waals surface area contributed by atoms with Gasteiger partial charge < -0.3 is 25.4 Å². The number of fused-ring (bicyclic) bond motifs is 1. The van der Waals surface area contributed by atoms with Crippen LogP contribution in [0.3, 0.4) is 0 Å². The second-order valence-electron chi connectivity index (χ2n) is 6.86. The Hall–Kier alpha value is -4.81. The minimum atomic E-state index is -1.15. The monoisotopic (exact) mass is 467 g/mol. The number of nitrogens with zero attached hydrogens (tertiary/aromatic N) is 5. The summed E-state index contributed by atoms with van der Waals surface area (Å²) in [5.74, 6) is 0.0368. The number of carboxylic acids is 1. The van der Waals surface area contributed by atoms with E-state index in [9.17, 15) is 9.59 Å². The summed E-state index contributed by atoms with van der Waals surface area (Å²) >= 11 is 0. The molecule has 0 aliphatic carbocycles. The van der Waals surface area contributed by atoms with Crippen molar-refractivity contribution in [1.29, 1.82) is 0 Å². The summed E-state index contributed by atoms with van der Waals surface area (Å²) in [4.78, 5) is 40.3. The van der Waals surface area contributed by atoms with Gasteiger partial charge in [0.2, 0.25) is 11.7 Å². The van der Waals surface area contributed by atoms with E-state index >= 15 is 0 Å². The number of aryl methyl sites for hydroxylation is 2. The Morgan fingerprint density at radius 1 is 1.21 bits per heavy atom. The molecule has 3 heterocycles. The van der Waals surface area contributed by atoms with Crippen LogP contribution in [0, 0.1) is 6.92 Å². The third-order valence-corrected chi connectivity index (χ3v) is 4.59. The smallest absolute Gasteiger partial charge is 0.354 e. The standard InChI is InChI=1S/C20H19N7O4.CH2O2/c1-11-24-17(26-31-11)13-4-3-12-5-6-21-18(14(12)9-13)22-7-8-23-19(28)15-10-16(20(29)30)27(2)25-15;2-1-3/h3-6,9-10H,7-8H2,1-2H3,(H,21,22)(H,23,28)(H,29,30);1H,(H,2,3). The predicted molar refractivity (Wildman–Crippen MR) is 119 cm³/mol. The summed E-state index contributed by atoms with van der Waals surface area (Å²) in [5, 5.41) is 31.6. The van der Waals surface area contributed by atoms with Crippen LogP contribution >= 0.6 is 0 Å². The van der Waals surface area contributed by atoms with E-state index in [2.05, 4.69) is 30.9 Å². The highest BCUT2D eigenvalue weighted by Gasteiger charge is 2.16. The lowest BCUT2D eigenvalue weighted by atomic mass is 10.1. The van der Waals surface area contributed by atoms with Gasteiger partial charge in [-0.2, -0.15) is 10.1 Å². The summed E-state index contributed by atoms with van der Waals surface area (Å²) in [6.07, 6.45) is 1.70. The van der Waals surface area contributed by atoms with Crippen molar-refractivity contribution in [2.75, 3.05) is 18.4 Å². The summed E-state index contributed by atoms with van der Waals surface area (Å²) in [6.45, 7) is 2.18. The number of pyridine rings is 1. The lowest BCUT2D eigenvalue weighted by Gasteiger charge is -2.10. The number of carbonyl (C=O) groups is 3. The van der Waals surface area contributed by atoms with Crippen molar-refractivity contribution in [2.45, 2.75) is 6.92 Å². The molecule has 0 saturated heterocycles. The Morgan fingerprint density at radius 3 is 2.62 bits per heavy atom. The first-order valence-electron chi connectivity index (χ1n) is 9.90. The fourth-order valence-electron chi connectivity index (χ4n) is 3.09. The molecule has 4 rings (SSSR count). The van der Waals surface area contributed by atoms with Gasteiger partial charge >= 0.3 is 5.97 Å². The number of carbonyl (C=O) groups excluding carboxylic acids is 1. The zero-order chi connectivity index (χ0) is 24.7. The van der Waals surface area contributed by atoms with Gasteiger partial charge in [0, 0.05) is 50.3 Å². The Bertz CT molecular complexity index is 1330. The molecule has 0 bridgehead atoms. The molecule has 13 nitrogen and oxygen atoms in total. The highest BCUT2D eigenvalue weighted by atomic mass is 16.5. The zero-order valence-electron chi connectivity index (χ0n) is 18.2. The van der Waals surface area contributed by atoms with Gasteiger partial charge in [0.15, 0.2) is 5.69 Å². The molecule has 0 saturated carbocycles. The molecular weight excluding hydrogens is 446 g/mol. The van der Waals surface area contributed by atoms with E-state index in [1.54, 1.807) is 13.1 Å². The van der Waals surface area contributed by atoms with Crippen molar-refractivity contribution in [3.8, 4) is 11.4 Å². The molecule has 0 spiro atoms. The van der Waals surface area contributed by atoms with Crippen molar-refractivity contribution in [3.63, 3.8) is 0 Å². The van der Waals surface area contributed by atoms with Crippen LogP contribution < -0.4 is 10.6 Å². The molecule has 0 radical (unpaired) electrons. The van der Waals surface area contributed by atoms with E-state index in [0.717, 1.165) is 21.0 Å². The Balaban J connectivity index is 0.00000103. The SMILES string of the molecule is Cc1nc(-c2ccc3ccnc(NCCNC(=O)c4cc(C(=O)O)n(C)n4)c3c2)no1.O=CO. The number of hydrogen-bond donors (Lipinski definition) is 4. The van der Waals surface area contributed by atoms with Crippen LogP contribution in [0.1, 0.15) is 26.9 Å². The van der Waals surface area contributed by atoms with Gasteiger partial charge in [-0.25, -0.2) is 9.78 Å². The van der Waals surface area contributed by atoms with Crippen LogP contribution in [0.5, 0.6) is 0 Å². The first-order valence-corrected chi connectivity index (χ1v) is 9.90. The maximum absolute atomic E-state index is 12.2. The van der Waals surface area contributed by atoms with Crippen molar-refractivity contribution >= 4 is 34.9 Å². The highest BCUT2D eigenvalue weighted by molar-refractivity contribution is 5.96. The fraction of sp³-hybridized carbons (Fsp3) is 0.190. The Morgan fingerprint density at radius 2 is 1.97 bits per heavy atom. The van der Waals surface area contributed by atoms with Crippen LogP contribution in [0.25, 0.3) is 22.2 Å². The molecule has 0 unspecified atom stereocenters. The molecular formula is C21H21N7O6. The second-order valence-corrected chi connectivity index (χ2v) is 6.86. The van der Waals surface area contributed by atoms with Gasteiger partial charge in [0.1, 0.15) is 11.5 Å². The van der Waals surface area contributed by atoms with Gasteiger partial charge in [-0.3, -0.25) is 14.3 Å². The number of rotatable bonds is 7. The molecule has 34 heavy (non-hydrogen) atoms. The number of amides is 1. The minimum absolute atomic E-state index is 0.0447. The minimum Gasteiger partial charge on any atom is -0.483 e. The number of benzene rings is 1. The molecule has 13 heteroatoms. The summed E-state index contributed by atoms with van der Waals surface area (Å²) in [7, 11) is 1.47. The number of nitrogens with one attached hydrogen (secondary N) is 2. The normalized spacial score (nSPS) is 10.3. The van der Waals surface area contributed by atoms with Gasteiger partial charge in [-0.05, 0) is 17.5 Å². The quantitative estimate of drug-likeness (QED) is 0.228. The molecule has 1 amide bonds. The lowest BCUT2D eigenvalue weighted by molar-refractivity contribution is -0.122. The number of carboxylic acid groups (broad SMARTS) is 2. The molecule has 0 aliphatic rings. The predicted octanol–water partition coefficient (Wildman–Crippen LogP) is 1.57. The first kappa shape index (κ1) is 23.8.